The number of hydrogen-bond acceptors (Lipinski definition) is 5. The molecule has 0 unspecified atom stereocenters. The number of nitrogens with zero attached hydrogens (tertiary/aromatic N) is 4. The maximum Gasteiger partial charge on any atom is 0.252 e. The molecule has 0 saturated carbocycles. The van der Waals surface area contributed by atoms with Crippen LogP contribution < -0.4 is 5.32 Å². The molecule has 0 aromatic carbocycles. The third-order valence-electron chi connectivity index (χ3n) is 3.04. The van der Waals surface area contributed by atoms with E-state index in [0.717, 1.165) is 11.4 Å². The van der Waals surface area contributed by atoms with Gasteiger partial charge in [-0.15, -0.1) is 0 Å². The minimum atomic E-state index is -0.151. The second kappa shape index (κ2) is 6.57. The number of rotatable bonds is 5. The fourth-order valence-corrected chi connectivity index (χ4v) is 1.93. The molecule has 0 radical (unpaired) electrons. The number of nitrogens with one attached hydrogen (secondary N) is 2. The number of amides is 1. The fourth-order valence-electron chi connectivity index (χ4n) is 1.93. The Morgan fingerprint density at radius 1 is 1.14 bits per heavy atom. The van der Waals surface area contributed by atoms with Crippen LogP contribution in [0.1, 0.15) is 16.2 Å². The standard InChI is InChI=1S/C15H14N6O/c22-15(12-2-1-6-17-10-12)18-9-5-13-19-14(21-20-13)11-3-7-16-8-4-11/h1-4,6-8,10H,5,9H2,(H,18,22)(H,19,20,21). The van der Waals surface area contributed by atoms with Gasteiger partial charge in [-0.1, -0.05) is 0 Å². The molecule has 0 bridgehead atoms. The van der Waals surface area contributed by atoms with Crippen LogP contribution in [-0.2, 0) is 6.42 Å². The summed E-state index contributed by atoms with van der Waals surface area (Å²) in [4.78, 5) is 24.1. The molecule has 3 rings (SSSR count). The Hall–Kier alpha value is -3.09. The summed E-state index contributed by atoms with van der Waals surface area (Å²) in [5, 5.41) is 9.85. The SMILES string of the molecule is O=C(NCCc1nc(-c2ccncc2)n[nH]1)c1cccnc1. The predicted octanol–water partition coefficient (Wildman–Crippen LogP) is 1.23. The van der Waals surface area contributed by atoms with Crippen molar-refractivity contribution in [3.63, 3.8) is 0 Å². The lowest BCUT2D eigenvalue weighted by Gasteiger charge is -2.02. The fraction of sp³-hybridized carbons (Fsp3) is 0.133. The van der Waals surface area contributed by atoms with E-state index in [1.54, 1.807) is 30.7 Å². The van der Waals surface area contributed by atoms with Crippen LogP contribution in [0.2, 0.25) is 0 Å². The van der Waals surface area contributed by atoms with Gasteiger partial charge in [-0.25, -0.2) is 4.98 Å². The number of H-pyrrole nitrogens is 1. The quantitative estimate of drug-likeness (QED) is 0.738. The average molecular weight is 294 g/mol. The molecule has 22 heavy (non-hydrogen) atoms. The zero-order valence-electron chi connectivity index (χ0n) is 11.7. The van der Waals surface area contributed by atoms with Crippen LogP contribution >= 0.6 is 0 Å². The Labute approximate surface area is 126 Å². The first-order valence-corrected chi connectivity index (χ1v) is 6.83. The summed E-state index contributed by atoms with van der Waals surface area (Å²) in [5.74, 6) is 1.19. The Morgan fingerprint density at radius 2 is 2.00 bits per heavy atom. The lowest BCUT2D eigenvalue weighted by molar-refractivity contribution is 0.0953. The maximum absolute atomic E-state index is 11.9. The first-order chi connectivity index (χ1) is 10.8. The molecular weight excluding hydrogens is 280 g/mol. The molecule has 0 aliphatic rings. The maximum atomic E-state index is 11.9. The lowest BCUT2D eigenvalue weighted by atomic mass is 10.2. The van der Waals surface area contributed by atoms with Gasteiger partial charge in [0, 0.05) is 43.3 Å². The van der Waals surface area contributed by atoms with E-state index in [4.69, 9.17) is 0 Å². The molecule has 3 aromatic rings. The van der Waals surface area contributed by atoms with Crippen molar-refractivity contribution < 1.29 is 4.79 Å². The Balaban J connectivity index is 1.55. The van der Waals surface area contributed by atoms with Crippen molar-refractivity contribution in [2.45, 2.75) is 6.42 Å². The minimum Gasteiger partial charge on any atom is -0.352 e. The van der Waals surface area contributed by atoms with Crippen LogP contribution in [0.25, 0.3) is 11.4 Å². The van der Waals surface area contributed by atoms with Crippen LogP contribution in [0.5, 0.6) is 0 Å². The summed E-state index contributed by atoms with van der Waals surface area (Å²) in [6.45, 7) is 0.471. The zero-order valence-corrected chi connectivity index (χ0v) is 11.7. The van der Waals surface area contributed by atoms with Gasteiger partial charge in [0.25, 0.3) is 5.91 Å². The van der Waals surface area contributed by atoms with Crippen LogP contribution in [0, 0.1) is 0 Å². The van der Waals surface area contributed by atoms with Crippen molar-refractivity contribution in [2.75, 3.05) is 6.54 Å². The number of aromatic nitrogens is 5. The van der Waals surface area contributed by atoms with E-state index >= 15 is 0 Å². The molecule has 1 amide bonds. The predicted molar refractivity (Wildman–Crippen MR) is 79.9 cm³/mol. The lowest BCUT2D eigenvalue weighted by Crippen LogP contribution is -2.26. The van der Waals surface area contributed by atoms with E-state index in [1.165, 1.54) is 6.20 Å². The van der Waals surface area contributed by atoms with Crippen LogP contribution in [-0.4, -0.2) is 37.6 Å². The molecule has 0 spiro atoms. The molecule has 0 saturated heterocycles. The molecule has 3 heterocycles. The highest BCUT2D eigenvalue weighted by atomic mass is 16.1. The van der Waals surface area contributed by atoms with Crippen molar-refractivity contribution in [3.8, 4) is 11.4 Å². The highest BCUT2D eigenvalue weighted by Crippen LogP contribution is 2.12. The van der Waals surface area contributed by atoms with Gasteiger partial charge in [-0.05, 0) is 24.3 Å². The molecule has 2 N–H and O–H groups in total. The highest BCUT2D eigenvalue weighted by molar-refractivity contribution is 5.93. The number of hydrogen-bond donors (Lipinski definition) is 2. The summed E-state index contributed by atoms with van der Waals surface area (Å²) < 4.78 is 0. The van der Waals surface area contributed by atoms with E-state index in [9.17, 15) is 4.79 Å². The number of pyridine rings is 2. The topological polar surface area (TPSA) is 96.5 Å². The minimum absolute atomic E-state index is 0.151. The van der Waals surface area contributed by atoms with Gasteiger partial charge in [-0.2, -0.15) is 5.10 Å². The summed E-state index contributed by atoms with van der Waals surface area (Å²) in [7, 11) is 0. The summed E-state index contributed by atoms with van der Waals surface area (Å²) in [5.41, 5.74) is 1.44. The molecular formula is C15H14N6O. The highest BCUT2D eigenvalue weighted by Gasteiger charge is 2.07. The molecule has 0 atom stereocenters. The van der Waals surface area contributed by atoms with Crippen LogP contribution in [0.3, 0.4) is 0 Å². The van der Waals surface area contributed by atoms with E-state index in [1.807, 2.05) is 12.1 Å². The van der Waals surface area contributed by atoms with Gasteiger partial charge >= 0.3 is 0 Å². The second-order valence-corrected chi connectivity index (χ2v) is 4.59. The molecule has 7 heteroatoms. The Kier molecular flexibility index (Phi) is 4.15. The Morgan fingerprint density at radius 3 is 2.77 bits per heavy atom. The molecule has 0 aliphatic heterocycles. The monoisotopic (exact) mass is 294 g/mol. The van der Waals surface area contributed by atoms with Crippen LogP contribution in [0.15, 0.2) is 49.1 Å². The second-order valence-electron chi connectivity index (χ2n) is 4.59. The first-order valence-electron chi connectivity index (χ1n) is 6.83. The summed E-state index contributed by atoms with van der Waals surface area (Å²) in [6.07, 6.45) is 7.13. The van der Waals surface area contributed by atoms with E-state index in [2.05, 4.69) is 30.5 Å². The molecule has 110 valence electrons. The normalized spacial score (nSPS) is 10.4. The third-order valence-corrected chi connectivity index (χ3v) is 3.04. The first kappa shape index (κ1) is 13.9. The Bertz CT molecular complexity index is 741. The van der Waals surface area contributed by atoms with E-state index < -0.39 is 0 Å². The summed E-state index contributed by atoms with van der Waals surface area (Å²) >= 11 is 0. The van der Waals surface area contributed by atoms with E-state index in [0.29, 0.717) is 24.4 Å². The number of carbonyl (C=O) groups is 1. The average Bonchev–Trinajstić information content (AvgIpc) is 3.05. The van der Waals surface area contributed by atoms with E-state index in [-0.39, 0.29) is 5.91 Å². The van der Waals surface area contributed by atoms with Crippen molar-refractivity contribution >= 4 is 5.91 Å². The van der Waals surface area contributed by atoms with Gasteiger partial charge in [0.15, 0.2) is 5.82 Å². The van der Waals surface area contributed by atoms with Crippen molar-refractivity contribution in [1.82, 2.24) is 30.5 Å². The smallest absolute Gasteiger partial charge is 0.252 e. The van der Waals surface area contributed by atoms with Gasteiger partial charge in [-0.3, -0.25) is 19.9 Å². The zero-order chi connectivity index (χ0) is 15.2. The molecule has 0 aliphatic carbocycles. The van der Waals surface area contributed by atoms with Crippen molar-refractivity contribution in [3.05, 3.63) is 60.4 Å². The largest absolute Gasteiger partial charge is 0.352 e. The summed E-state index contributed by atoms with van der Waals surface area (Å²) in [6, 6.07) is 7.14. The molecule has 3 aromatic heterocycles. The third kappa shape index (κ3) is 3.32. The van der Waals surface area contributed by atoms with Gasteiger partial charge in [0.05, 0.1) is 5.56 Å². The van der Waals surface area contributed by atoms with Gasteiger partial charge < -0.3 is 5.32 Å². The number of carbonyl (C=O) groups excluding carboxylic acids is 1. The molecule has 7 nitrogen and oxygen atoms in total. The van der Waals surface area contributed by atoms with Gasteiger partial charge in [0.2, 0.25) is 0 Å². The van der Waals surface area contributed by atoms with Crippen LogP contribution in [0.4, 0.5) is 0 Å². The van der Waals surface area contributed by atoms with Crippen molar-refractivity contribution in [2.24, 2.45) is 0 Å². The molecule has 0 fully saturated rings. The van der Waals surface area contributed by atoms with Gasteiger partial charge in [0.1, 0.15) is 5.82 Å². The van der Waals surface area contributed by atoms with Crippen molar-refractivity contribution in [1.29, 1.82) is 0 Å². The number of aromatic amines is 1.